The van der Waals surface area contributed by atoms with E-state index in [1.807, 2.05) is 6.07 Å². The SMILES string of the molecule is N#CCN(C(=O)COC(=O)CN=C1NS(=O)(=O)c2ccccc21)c1ccccc1. The molecule has 29 heavy (non-hydrogen) atoms. The van der Waals surface area contributed by atoms with Crippen LogP contribution in [-0.4, -0.2) is 45.8 Å². The number of carbonyl (C=O) groups excluding carboxylic acids is 2. The lowest BCUT2D eigenvalue weighted by atomic mass is 10.2. The van der Waals surface area contributed by atoms with E-state index < -0.39 is 35.1 Å². The summed E-state index contributed by atoms with van der Waals surface area (Å²) in [7, 11) is -3.70. The number of aliphatic imine (C=N–C) groups is 1. The zero-order valence-electron chi connectivity index (χ0n) is 15.1. The number of nitriles is 1. The minimum Gasteiger partial charge on any atom is -0.454 e. The van der Waals surface area contributed by atoms with Gasteiger partial charge in [-0.1, -0.05) is 30.3 Å². The molecule has 1 amide bonds. The summed E-state index contributed by atoms with van der Waals surface area (Å²) in [6, 6.07) is 16.7. The molecule has 1 aliphatic rings. The maximum Gasteiger partial charge on any atom is 0.328 e. The van der Waals surface area contributed by atoms with Gasteiger partial charge >= 0.3 is 5.97 Å². The molecule has 0 aliphatic carbocycles. The molecule has 0 bridgehead atoms. The predicted octanol–water partition coefficient (Wildman–Crippen LogP) is 0.825. The van der Waals surface area contributed by atoms with Crippen molar-refractivity contribution in [1.82, 2.24) is 4.72 Å². The third-order valence-corrected chi connectivity index (χ3v) is 5.38. The lowest BCUT2D eigenvalue weighted by Crippen LogP contribution is -2.35. The van der Waals surface area contributed by atoms with Crippen molar-refractivity contribution in [1.29, 1.82) is 5.26 Å². The van der Waals surface area contributed by atoms with E-state index in [9.17, 15) is 18.0 Å². The van der Waals surface area contributed by atoms with E-state index in [0.717, 1.165) is 0 Å². The Morgan fingerprint density at radius 1 is 1.10 bits per heavy atom. The number of nitrogens with one attached hydrogen (secondary N) is 1. The van der Waals surface area contributed by atoms with Crippen LogP contribution in [0.25, 0.3) is 0 Å². The molecule has 3 rings (SSSR count). The molecule has 0 spiro atoms. The number of sulfonamides is 1. The van der Waals surface area contributed by atoms with Gasteiger partial charge in [0.05, 0.1) is 11.0 Å². The second kappa shape index (κ2) is 8.53. The van der Waals surface area contributed by atoms with Crippen LogP contribution in [0.15, 0.2) is 64.5 Å². The normalized spacial score (nSPS) is 15.1. The van der Waals surface area contributed by atoms with E-state index in [2.05, 4.69) is 9.71 Å². The Morgan fingerprint density at radius 2 is 1.79 bits per heavy atom. The van der Waals surface area contributed by atoms with Crippen LogP contribution < -0.4 is 9.62 Å². The number of ether oxygens (including phenoxy) is 1. The summed E-state index contributed by atoms with van der Waals surface area (Å²) in [5.74, 6) is -1.33. The Bertz CT molecular complexity index is 1110. The number of carbonyl (C=O) groups is 2. The van der Waals surface area contributed by atoms with Gasteiger partial charge in [0, 0.05) is 11.3 Å². The summed E-state index contributed by atoms with van der Waals surface area (Å²) in [5.41, 5.74) is 0.868. The topological polar surface area (TPSA) is 129 Å². The monoisotopic (exact) mass is 412 g/mol. The first-order valence-corrected chi connectivity index (χ1v) is 9.95. The molecule has 148 valence electrons. The number of rotatable bonds is 6. The number of esters is 1. The molecule has 9 nitrogen and oxygen atoms in total. The largest absolute Gasteiger partial charge is 0.454 e. The van der Waals surface area contributed by atoms with Crippen molar-refractivity contribution in [3.8, 4) is 6.07 Å². The smallest absolute Gasteiger partial charge is 0.328 e. The van der Waals surface area contributed by atoms with Gasteiger partial charge < -0.3 is 4.74 Å². The molecule has 0 atom stereocenters. The second-order valence-corrected chi connectivity index (χ2v) is 7.55. The number of fused-ring (bicyclic) bond motifs is 1. The number of para-hydroxylation sites is 1. The summed E-state index contributed by atoms with van der Waals surface area (Å²) >= 11 is 0. The third-order valence-electron chi connectivity index (χ3n) is 3.98. The fraction of sp³-hybridized carbons (Fsp3) is 0.158. The first-order valence-electron chi connectivity index (χ1n) is 8.47. The van der Waals surface area contributed by atoms with E-state index in [1.165, 1.54) is 11.0 Å². The van der Waals surface area contributed by atoms with Gasteiger partial charge in [-0.05, 0) is 24.3 Å². The molecule has 2 aromatic rings. The highest BCUT2D eigenvalue weighted by Crippen LogP contribution is 2.22. The molecule has 1 N–H and O–H groups in total. The summed E-state index contributed by atoms with van der Waals surface area (Å²) in [6.07, 6.45) is 0. The van der Waals surface area contributed by atoms with Gasteiger partial charge in [-0.25, -0.2) is 8.42 Å². The second-order valence-electron chi connectivity index (χ2n) is 5.90. The minimum absolute atomic E-state index is 0.0410. The average molecular weight is 412 g/mol. The summed E-state index contributed by atoms with van der Waals surface area (Å²) in [6.45, 7) is -1.23. The molecule has 0 saturated carbocycles. The summed E-state index contributed by atoms with van der Waals surface area (Å²) < 4.78 is 31.2. The van der Waals surface area contributed by atoms with Crippen LogP contribution in [0.4, 0.5) is 5.69 Å². The van der Waals surface area contributed by atoms with Gasteiger partial charge in [0.15, 0.2) is 6.61 Å². The van der Waals surface area contributed by atoms with Crippen LogP contribution in [0.1, 0.15) is 5.56 Å². The van der Waals surface area contributed by atoms with E-state index in [0.29, 0.717) is 11.3 Å². The molecule has 1 heterocycles. The van der Waals surface area contributed by atoms with Crippen molar-refractivity contribution < 1.29 is 22.7 Å². The van der Waals surface area contributed by atoms with Gasteiger partial charge in [0.1, 0.15) is 18.9 Å². The summed E-state index contributed by atoms with van der Waals surface area (Å²) in [5, 5.41) is 8.93. The Balaban J connectivity index is 1.61. The molecule has 2 aromatic carbocycles. The maximum absolute atomic E-state index is 12.3. The molecule has 0 fully saturated rings. The first kappa shape index (κ1) is 20.0. The zero-order valence-corrected chi connectivity index (χ0v) is 15.9. The van der Waals surface area contributed by atoms with Crippen molar-refractivity contribution in [2.45, 2.75) is 4.90 Å². The van der Waals surface area contributed by atoms with Crippen molar-refractivity contribution >= 4 is 33.4 Å². The molecule has 1 aliphatic heterocycles. The molecule has 0 aromatic heterocycles. The van der Waals surface area contributed by atoms with Crippen LogP contribution in [0, 0.1) is 11.3 Å². The van der Waals surface area contributed by atoms with Gasteiger partial charge in [-0.15, -0.1) is 0 Å². The fourth-order valence-electron chi connectivity index (χ4n) is 2.66. The molecule has 0 radical (unpaired) electrons. The maximum atomic E-state index is 12.3. The van der Waals surface area contributed by atoms with Crippen LogP contribution in [0.2, 0.25) is 0 Å². The number of hydrogen-bond acceptors (Lipinski definition) is 7. The van der Waals surface area contributed by atoms with E-state index in [4.69, 9.17) is 10.00 Å². The van der Waals surface area contributed by atoms with Crippen LogP contribution >= 0.6 is 0 Å². The van der Waals surface area contributed by atoms with E-state index in [-0.39, 0.29) is 17.3 Å². The number of amides is 1. The third kappa shape index (κ3) is 4.59. The van der Waals surface area contributed by atoms with Gasteiger partial charge in [-0.3, -0.25) is 24.2 Å². The number of hydrogen-bond donors (Lipinski definition) is 1. The molecular weight excluding hydrogens is 396 g/mol. The zero-order chi connectivity index (χ0) is 20.9. The highest BCUT2D eigenvalue weighted by molar-refractivity contribution is 7.90. The Morgan fingerprint density at radius 3 is 2.52 bits per heavy atom. The first-order chi connectivity index (χ1) is 13.9. The van der Waals surface area contributed by atoms with Crippen molar-refractivity contribution in [2.24, 2.45) is 4.99 Å². The Kier molecular flexibility index (Phi) is 5.90. The van der Waals surface area contributed by atoms with Crippen LogP contribution in [0.3, 0.4) is 0 Å². The number of benzene rings is 2. The van der Waals surface area contributed by atoms with Crippen LogP contribution in [0.5, 0.6) is 0 Å². The Labute approximate surface area is 167 Å². The van der Waals surface area contributed by atoms with E-state index >= 15 is 0 Å². The fourth-order valence-corrected chi connectivity index (χ4v) is 3.91. The van der Waals surface area contributed by atoms with Crippen molar-refractivity contribution in [3.63, 3.8) is 0 Å². The quantitative estimate of drug-likeness (QED) is 0.553. The van der Waals surface area contributed by atoms with E-state index in [1.54, 1.807) is 48.5 Å². The highest BCUT2D eigenvalue weighted by atomic mass is 32.2. The minimum atomic E-state index is -3.70. The summed E-state index contributed by atoms with van der Waals surface area (Å²) in [4.78, 5) is 29.5. The molecule has 10 heteroatoms. The number of amidine groups is 1. The van der Waals surface area contributed by atoms with Gasteiger partial charge in [-0.2, -0.15) is 5.26 Å². The number of anilines is 1. The van der Waals surface area contributed by atoms with Crippen molar-refractivity contribution in [2.75, 3.05) is 24.6 Å². The van der Waals surface area contributed by atoms with Gasteiger partial charge in [0.2, 0.25) is 0 Å². The molecular formula is C19H16N4O5S. The van der Waals surface area contributed by atoms with Crippen LogP contribution in [-0.2, 0) is 24.3 Å². The lowest BCUT2D eigenvalue weighted by Gasteiger charge is -2.19. The van der Waals surface area contributed by atoms with Crippen molar-refractivity contribution in [3.05, 3.63) is 60.2 Å². The Hall–Kier alpha value is -3.71. The highest BCUT2D eigenvalue weighted by Gasteiger charge is 2.30. The standard InChI is InChI=1S/C19H16N4O5S/c20-10-11-23(14-6-2-1-3-7-14)17(24)13-28-18(25)12-21-19-15-8-4-5-9-16(15)29(26,27)22-19/h1-9H,11-13H2,(H,21,22). The predicted molar refractivity (Wildman–Crippen MR) is 104 cm³/mol. The average Bonchev–Trinajstić information content (AvgIpc) is 3.00. The van der Waals surface area contributed by atoms with Gasteiger partial charge in [0.25, 0.3) is 15.9 Å². The molecule has 0 unspecified atom stereocenters. The lowest BCUT2D eigenvalue weighted by molar-refractivity contribution is -0.146. The molecule has 0 saturated heterocycles. The number of nitrogens with zero attached hydrogens (tertiary/aromatic N) is 3.